The number of benzene rings is 1. The van der Waals surface area contributed by atoms with Crippen LogP contribution < -0.4 is 10.2 Å². The van der Waals surface area contributed by atoms with Crippen molar-refractivity contribution in [3.63, 3.8) is 0 Å². The zero-order valence-electron chi connectivity index (χ0n) is 9.95. The minimum absolute atomic E-state index is 0.642. The quantitative estimate of drug-likeness (QED) is 0.823. The lowest BCUT2D eigenvalue weighted by Gasteiger charge is -2.22. The number of nitrogens with one attached hydrogen (secondary N) is 1. The highest BCUT2D eigenvalue weighted by atomic mass is 16.4. The molecule has 2 N–H and O–H groups in total. The van der Waals surface area contributed by atoms with Gasteiger partial charge in [-0.2, -0.15) is 0 Å². The van der Waals surface area contributed by atoms with Crippen LogP contribution in [0, 0.1) is 6.92 Å². The molecule has 0 saturated carbocycles. The topological polar surface area (TPSA) is 52.6 Å². The summed E-state index contributed by atoms with van der Waals surface area (Å²) in [5.74, 6) is 0. The molecular weight excluding hydrogens is 204 g/mol. The van der Waals surface area contributed by atoms with Crippen molar-refractivity contribution in [3.05, 3.63) is 23.8 Å². The average Bonchev–Trinajstić information content (AvgIpc) is 2.23. The molecule has 0 radical (unpaired) electrons. The molecule has 4 nitrogen and oxygen atoms in total. The van der Waals surface area contributed by atoms with Crippen LogP contribution in [0.3, 0.4) is 0 Å². The molecule has 0 atom stereocenters. The summed E-state index contributed by atoms with van der Waals surface area (Å²) >= 11 is 0. The van der Waals surface area contributed by atoms with Gasteiger partial charge in [0.1, 0.15) is 0 Å². The number of carboxylic acid groups (broad SMARTS) is 1. The fraction of sp³-hybridized carbons (Fsp3) is 0.417. The van der Waals surface area contributed by atoms with Crippen molar-refractivity contribution in [2.75, 3.05) is 23.3 Å². The number of nitrogens with zero attached hydrogens (tertiary/aromatic N) is 1. The van der Waals surface area contributed by atoms with Crippen LogP contribution in [-0.4, -0.2) is 24.3 Å². The summed E-state index contributed by atoms with van der Waals surface area (Å²) < 4.78 is 0. The molecule has 0 aliphatic rings. The molecule has 0 spiro atoms. The van der Waals surface area contributed by atoms with Crippen LogP contribution in [0.1, 0.15) is 19.4 Å². The highest BCUT2D eigenvalue weighted by Crippen LogP contribution is 2.22. The van der Waals surface area contributed by atoms with Gasteiger partial charge in [0.25, 0.3) is 0 Å². The molecule has 0 aromatic heterocycles. The summed E-state index contributed by atoms with van der Waals surface area (Å²) in [7, 11) is 0. The molecular formula is C12H18N2O2. The molecule has 0 bridgehead atoms. The van der Waals surface area contributed by atoms with Crippen molar-refractivity contribution < 1.29 is 9.90 Å². The first-order valence-corrected chi connectivity index (χ1v) is 5.44. The second kappa shape index (κ2) is 5.39. The van der Waals surface area contributed by atoms with Gasteiger partial charge in [-0.05, 0) is 44.5 Å². The molecule has 88 valence electrons. The van der Waals surface area contributed by atoms with Gasteiger partial charge >= 0.3 is 6.09 Å². The standard InChI is InChI=1S/C12H18N2O2/c1-4-14(5-2)10-6-7-11(9(3)8-10)13-12(15)16/h6-8,13H,4-5H2,1-3H3,(H,15,16). The van der Waals surface area contributed by atoms with E-state index in [-0.39, 0.29) is 0 Å². The largest absolute Gasteiger partial charge is 0.465 e. The Morgan fingerprint density at radius 1 is 1.38 bits per heavy atom. The molecule has 4 heteroatoms. The van der Waals surface area contributed by atoms with Crippen LogP contribution in [-0.2, 0) is 0 Å². The molecule has 0 unspecified atom stereocenters. The van der Waals surface area contributed by atoms with E-state index in [1.165, 1.54) is 0 Å². The summed E-state index contributed by atoms with van der Waals surface area (Å²) in [6.45, 7) is 7.99. The van der Waals surface area contributed by atoms with Crippen LogP contribution in [0.15, 0.2) is 18.2 Å². The summed E-state index contributed by atoms with van der Waals surface area (Å²) in [6, 6.07) is 5.74. The Morgan fingerprint density at radius 2 is 2.00 bits per heavy atom. The van der Waals surface area contributed by atoms with Crippen LogP contribution in [0.4, 0.5) is 16.2 Å². The number of carbonyl (C=O) groups is 1. The number of hydrogen-bond donors (Lipinski definition) is 2. The molecule has 1 aromatic carbocycles. The van der Waals surface area contributed by atoms with Crippen molar-refractivity contribution in [2.24, 2.45) is 0 Å². The van der Waals surface area contributed by atoms with Crippen molar-refractivity contribution in [1.82, 2.24) is 0 Å². The molecule has 1 amide bonds. The van der Waals surface area contributed by atoms with Gasteiger partial charge in [-0.15, -0.1) is 0 Å². The third-order valence-electron chi connectivity index (χ3n) is 2.58. The van der Waals surface area contributed by atoms with Crippen LogP contribution in [0.5, 0.6) is 0 Å². The van der Waals surface area contributed by atoms with E-state index in [1.54, 1.807) is 6.07 Å². The van der Waals surface area contributed by atoms with Gasteiger partial charge in [-0.25, -0.2) is 4.79 Å². The van der Waals surface area contributed by atoms with Gasteiger partial charge < -0.3 is 10.0 Å². The predicted octanol–water partition coefficient (Wildman–Crippen LogP) is 2.93. The van der Waals surface area contributed by atoms with Crippen molar-refractivity contribution in [1.29, 1.82) is 0 Å². The van der Waals surface area contributed by atoms with E-state index in [0.29, 0.717) is 5.69 Å². The molecule has 0 heterocycles. The monoisotopic (exact) mass is 222 g/mol. The second-order valence-corrected chi connectivity index (χ2v) is 3.60. The van der Waals surface area contributed by atoms with Crippen molar-refractivity contribution >= 4 is 17.5 Å². The lowest BCUT2D eigenvalue weighted by Crippen LogP contribution is -2.21. The van der Waals surface area contributed by atoms with E-state index in [0.717, 1.165) is 24.3 Å². The van der Waals surface area contributed by atoms with Gasteiger partial charge in [0, 0.05) is 24.5 Å². The summed E-state index contributed by atoms with van der Waals surface area (Å²) in [5, 5.41) is 11.0. The Labute approximate surface area is 95.9 Å². The minimum atomic E-state index is -1.03. The van der Waals surface area contributed by atoms with Crippen molar-refractivity contribution in [2.45, 2.75) is 20.8 Å². The number of anilines is 2. The first kappa shape index (κ1) is 12.4. The minimum Gasteiger partial charge on any atom is -0.465 e. The Hall–Kier alpha value is -1.71. The van der Waals surface area contributed by atoms with Crippen LogP contribution in [0.2, 0.25) is 0 Å². The molecule has 0 fully saturated rings. The Balaban J connectivity index is 2.93. The van der Waals surface area contributed by atoms with E-state index < -0.39 is 6.09 Å². The van der Waals surface area contributed by atoms with Gasteiger partial charge in [0.05, 0.1) is 0 Å². The summed E-state index contributed by atoms with van der Waals surface area (Å²) in [5.41, 5.74) is 2.70. The molecule has 16 heavy (non-hydrogen) atoms. The third kappa shape index (κ3) is 2.89. The smallest absolute Gasteiger partial charge is 0.409 e. The van der Waals surface area contributed by atoms with Crippen LogP contribution >= 0.6 is 0 Å². The summed E-state index contributed by atoms with van der Waals surface area (Å²) in [4.78, 5) is 12.8. The molecule has 0 saturated heterocycles. The second-order valence-electron chi connectivity index (χ2n) is 3.60. The molecule has 0 aliphatic heterocycles. The maximum absolute atomic E-state index is 10.5. The van der Waals surface area contributed by atoms with E-state index in [4.69, 9.17) is 5.11 Å². The van der Waals surface area contributed by atoms with E-state index in [2.05, 4.69) is 24.1 Å². The van der Waals surface area contributed by atoms with E-state index >= 15 is 0 Å². The molecule has 1 rings (SSSR count). The maximum Gasteiger partial charge on any atom is 0.409 e. The Bertz CT molecular complexity index is 373. The van der Waals surface area contributed by atoms with Gasteiger partial charge in [-0.3, -0.25) is 5.32 Å². The number of hydrogen-bond acceptors (Lipinski definition) is 2. The van der Waals surface area contributed by atoms with E-state index in [1.807, 2.05) is 19.1 Å². The van der Waals surface area contributed by atoms with E-state index in [9.17, 15) is 4.79 Å². The number of aryl methyl sites for hydroxylation is 1. The predicted molar refractivity (Wildman–Crippen MR) is 66.4 cm³/mol. The third-order valence-corrected chi connectivity index (χ3v) is 2.58. The lowest BCUT2D eigenvalue weighted by atomic mass is 10.1. The Kier molecular flexibility index (Phi) is 4.17. The molecule has 0 aliphatic carbocycles. The lowest BCUT2D eigenvalue weighted by molar-refractivity contribution is 0.209. The zero-order chi connectivity index (χ0) is 12.1. The highest BCUT2D eigenvalue weighted by Gasteiger charge is 2.06. The normalized spacial score (nSPS) is 9.94. The van der Waals surface area contributed by atoms with Gasteiger partial charge in [-0.1, -0.05) is 0 Å². The van der Waals surface area contributed by atoms with Gasteiger partial charge in [0.15, 0.2) is 0 Å². The van der Waals surface area contributed by atoms with Gasteiger partial charge in [0.2, 0.25) is 0 Å². The maximum atomic E-state index is 10.5. The Morgan fingerprint density at radius 3 is 2.44 bits per heavy atom. The zero-order valence-corrected chi connectivity index (χ0v) is 9.95. The first-order chi connectivity index (χ1) is 7.58. The SMILES string of the molecule is CCN(CC)c1ccc(NC(=O)O)c(C)c1. The first-order valence-electron chi connectivity index (χ1n) is 5.44. The summed E-state index contributed by atoms with van der Waals surface area (Å²) in [6.07, 6.45) is -1.03. The molecule has 1 aromatic rings. The fourth-order valence-corrected chi connectivity index (χ4v) is 1.69. The highest BCUT2D eigenvalue weighted by molar-refractivity contribution is 5.84. The van der Waals surface area contributed by atoms with Crippen molar-refractivity contribution in [3.8, 4) is 0 Å². The van der Waals surface area contributed by atoms with Crippen LogP contribution in [0.25, 0.3) is 0 Å². The fourth-order valence-electron chi connectivity index (χ4n) is 1.69. The number of amides is 1. The number of rotatable bonds is 4. The average molecular weight is 222 g/mol.